The fourth-order valence-corrected chi connectivity index (χ4v) is 21.1. The number of methoxy groups -OCH3 is 1. The van der Waals surface area contributed by atoms with Crippen LogP contribution >= 0.6 is 0 Å². The van der Waals surface area contributed by atoms with Crippen molar-refractivity contribution in [3.05, 3.63) is 48.1 Å². The van der Waals surface area contributed by atoms with E-state index in [1.54, 1.807) is 40.6 Å². The van der Waals surface area contributed by atoms with Crippen molar-refractivity contribution in [3.63, 3.8) is 0 Å². The molecule has 0 radical (unpaired) electrons. The molecule has 28 atom stereocenters. The van der Waals surface area contributed by atoms with Crippen molar-refractivity contribution in [2.24, 2.45) is 166 Å². The van der Waals surface area contributed by atoms with Crippen LogP contribution in [0.3, 0.4) is 0 Å². The van der Waals surface area contributed by atoms with Gasteiger partial charge >= 0.3 is 0 Å². The van der Waals surface area contributed by atoms with E-state index >= 15 is 0 Å². The van der Waals surface area contributed by atoms with Crippen molar-refractivity contribution in [1.82, 2.24) is 0 Å². The number of aliphatic hydroxyl groups excluding tert-OH is 2. The van der Waals surface area contributed by atoms with Crippen LogP contribution in [0.25, 0.3) is 0 Å². The number of allylic oxidation sites excluding steroid dienone is 8. The first-order chi connectivity index (χ1) is 32.5. The van der Waals surface area contributed by atoms with Gasteiger partial charge in [-0.1, -0.05) is 63.3 Å². The maximum absolute atomic E-state index is 11.2. The van der Waals surface area contributed by atoms with E-state index in [2.05, 4.69) is 62.0 Å². The molecule has 0 heterocycles. The zero-order chi connectivity index (χ0) is 47.4. The average Bonchev–Trinajstić information content (AvgIpc) is 4.17. The van der Waals surface area contributed by atoms with Crippen molar-refractivity contribution in [2.75, 3.05) is 27.4 Å². The topological polar surface area (TPSA) is 101 Å². The molecule has 0 amide bonds. The summed E-state index contributed by atoms with van der Waals surface area (Å²) < 4.78 is 4.25. The number of hydrogen-bond acceptors (Lipinski definition) is 6. The fraction of sp³-hybridized carbons (Fsp3) is 0.820. The molecule has 6 nitrogen and oxygen atoms in total. The molecule has 15 aliphatic rings. The Morgan fingerprint density at radius 3 is 1.45 bits per heavy atom. The van der Waals surface area contributed by atoms with Crippen LogP contribution in [0.2, 0.25) is 0 Å². The number of hydrogen-bond donors (Lipinski definition) is 2. The zero-order valence-corrected chi connectivity index (χ0v) is 42.9. The van der Waals surface area contributed by atoms with Crippen molar-refractivity contribution in [2.45, 2.75) is 119 Å². The predicted molar refractivity (Wildman–Crippen MR) is 268 cm³/mol. The molecule has 15 rings (SSSR count). The highest BCUT2D eigenvalue weighted by molar-refractivity contribution is 5.71. The number of rotatable bonds is 4. The van der Waals surface area contributed by atoms with Crippen molar-refractivity contribution in [3.8, 4) is 0 Å². The lowest BCUT2D eigenvalue weighted by atomic mass is 9.64. The standard InChI is InChI=1S/C14H22O.C14H20O.C14H18O.C10H12.C5H8O.2C2H6O/c3*1-7-10-5-11(12(7)6-15)14-9-3-2-8(4-9)13(10)14;1-2-9-7-4-5-8(6-7)10(9)3-1;1-3-5(2)4-6;1-3-2;1-2-3/h7-15H,2-6H2,1H3;6-14H,2-5H2,1H3;2-3,6-14H,4-5H2,1H3;1-2,4-5,7-10H,3,6H2;3-4H,1-2H3;1-2H3;3H,2H2,1H3/b;;;;5-3-;;. The van der Waals surface area contributed by atoms with Gasteiger partial charge in [0.15, 0.2) is 0 Å². The summed E-state index contributed by atoms with van der Waals surface area (Å²) in [5.74, 6) is 24.7. The van der Waals surface area contributed by atoms with Gasteiger partial charge in [-0.25, -0.2) is 0 Å². The summed E-state index contributed by atoms with van der Waals surface area (Å²) in [6.45, 7) is 13.1. The Morgan fingerprint density at radius 1 is 0.552 bits per heavy atom. The number of fused-ring (bicyclic) bond motifs is 32. The zero-order valence-electron chi connectivity index (χ0n) is 42.9. The Morgan fingerprint density at radius 2 is 0.970 bits per heavy atom. The maximum atomic E-state index is 11.2. The van der Waals surface area contributed by atoms with Gasteiger partial charge in [-0.3, -0.25) is 4.79 Å². The third-order valence-electron chi connectivity index (χ3n) is 23.4. The summed E-state index contributed by atoms with van der Waals surface area (Å²) in [6, 6.07) is 0. The van der Waals surface area contributed by atoms with Crippen LogP contribution in [-0.2, 0) is 19.1 Å². The summed E-state index contributed by atoms with van der Waals surface area (Å²) in [5.41, 5.74) is 0.787. The van der Waals surface area contributed by atoms with E-state index in [4.69, 9.17) is 5.11 Å². The first-order valence-electron chi connectivity index (χ1n) is 28.2. The van der Waals surface area contributed by atoms with Crippen LogP contribution in [0.15, 0.2) is 48.1 Å². The molecule has 14 bridgehead atoms. The molecule has 372 valence electrons. The van der Waals surface area contributed by atoms with Gasteiger partial charge in [-0.05, 0) is 257 Å². The smallest absolute Gasteiger partial charge is 0.145 e. The Kier molecular flexibility index (Phi) is 15.5. The minimum Gasteiger partial charge on any atom is -0.397 e. The lowest BCUT2D eigenvalue weighted by Gasteiger charge is -2.41. The van der Waals surface area contributed by atoms with Gasteiger partial charge in [0.2, 0.25) is 0 Å². The van der Waals surface area contributed by atoms with Crippen LogP contribution in [0.1, 0.15) is 119 Å². The van der Waals surface area contributed by atoms with Crippen LogP contribution in [0, 0.1) is 166 Å². The molecule has 0 aromatic heterocycles. The van der Waals surface area contributed by atoms with Gasteiger partial charge in [0.05, 0.1) is 0 Å². The van der Waals surface area contributed by atoms with Crippen LogP contribution < -0.4 is 0 Å². The lowest BCUT2D eigenvalue weighted by molar-refractivity contribution is -0.116. The van der Waals surface area contributed by atoms with E-state index in [0.717, 1.165) is 148 Å². The largest absolute Gasteiger partial charge is 0.397 e. The number of ether oxygens (including phenoxy) is 1. The molecule has 0 aromatic rings. The second-order valence-electron chi connectivity index (χ2n) is 25.3. The molecular formula is C61H92O6. The van der Waals surface area contributed by atoms with Gasteiger partial charge in [-0.15, -0.1) is 0 Å². The van der Waals surface area contributed by atoms with Crippen LogP contribution in [0.5, 0.6) is 0 Å². The molecule has 0 aromatic carbocycles. The van der Waals surface area contributed by atoms with E-state index in [9.17, 15) is 19.5 Å². The molecule has 12 saturated carbocycles. The van der Waals surface area contributed by atoms with Gasteiger partial charge in [0, 0.05) is 39.3 Å². The maximum Gasteiger partial charge on any atom is 0.145 e. The van der Waals surface area contributed by atoms with E-state index < -0.39 is 0 Å². The molecule has 6 heteroatoms. The van der Waals surface area contributed by atoms with Gasteiger partial charge in [0.1, 0.15) is 18.9 Å². The van der Waals surface area contributed by atoms with Crippen LogP contribution in [-0.4, -0.2) is 56.5 Å². The Balaban J connectivity index is 0.000000105. The first-order valence-corrected chi connectivity index (χ1v) is 28.2. The highest BCUT2D eigenvalue weighted by Gasteiger charge is 2.66. The molecule has 2 N–H and O–H groups in total. The van der Waals surface area contributed by atoms with E-state index in [-0.39, 0.29) is 6.61 Å². The van der Waals surface area contributed by atoms with Crippen molar-refractivity contribution in [1.29, 1.82) is 0 Å². The monoisotopic (exact) mass is 921 g/mol. The molecule has 0 aliphatic heterocycles. The predicted octanol–water partition coefficient (Wildman–Crippen LogP) is 11.6. The second kappa shape index (κ2) is 20.9. The Labute approximate surface area is 406 Å². The van der Waals surface area contributed by atoms with Crippen molar-refractivity contribution < 1.29 is 29.3 Å². The van der Waals surface area contributed by atoms with Crippen molar-refractivity contribution >= 4 is 18.9 Å². The van der Waals surface area contributed by atoms with Gasteiger partial charge < -0.3 is 24.5 Å². The highest BCUT2D eigenvalue weighted by atomic mass is 16.4. The van der Waals surface area contributed by atoms with E-state index in [1.165, 1.54) is 83.2 Å². The molecule has 67 heavy (non-hydrogen) atoms. The minimum atomic E-state index is 0.250. The SMILES string of the molecule is C/C=C(/C)C=O.C1=CC2C3C=CC(C3)C2C1.CC1C(C=O)C2CC1C1C3C=CC(C3)C21.CC1C(C=O)C2CC1C1C3CCC(C3)C21.CC1C(CO)C2CC1C1C3CCC(C3)C21.CCO.COC. The molecule has 0 saturated heterocycles. The van der Waals surface area contributed by atoms with E-state index in [1.807, 2.05) is 6.92 Å². The molecule has 12 fully saturated rings. The Hall–Kier alpha value is -2.15. The summed E-state index contributed by atoms with van der Waals surface area (Å²) in [5, 5.41) is 17.1. The summed E-state index contributed by atoms with van der Waals surface area (Å²) in [4.78, 5) is 32.1. The summed E-state index contributed by atoms with van der Waals surface area (Å²) in [6.07, 6.45) is 37.3. The minimum absolute atomic E-state index is 0.250. The molecule has 28 unspecified atom stereocenters. The number of aliphatic hydroxyl groups is 2. The second-order valence-corrected chi connectivity index (χ2v) is 25.3. The number of carbonyl (C=O) groups excluding carboxylic acids is 3. The fourth-order valence-electron chi connectivity index (χ4n) is 21.1. The van der Waals surface area contributed by atoms with Crippen LogP contribution in [0.4, 0.5) is 0 Å². The highest BCUT2D eigenvalue weighted by Crippen LogP contribution is 2.72. The normalized spacial score (nSPS) is 53.1. The Bertz CT molecular complexity index is 1850. The lowest BCUT2D eigenvalue weighted by Crippen LogP contribution is -2.38. The number of aldehydes is 3. The molecular weight excluding hydrogens is 829 g/mol. The first kappa shape index (κ1) is 49.8. The van der Waals surface area contributed by atoms with Gasteiger partial charge in [-0.2, -0.15) is 0 Å². The summed E-state index contributed by atoms with van der Waals surface area (Å²) >= 11 is 0. The average molecular weight is 921 g/mol. The number of carbonyl (C=O) groups is 3. The quantitative estimate of drug-likeness (QED) is 0.126. The summed E-state index contributed by atoms with van der Waals surface area (Å²) in [7, 11) is 3.25. The van der Waals surface area contributed by atoms with E-state index in [0.29, 0.717) is 36.2 Å². The molecule has 15 aliphatic carbocycles. The third-order valence-corrected chi connectivity index (χ3v) is 23.4. The molecule has 0 spiro atoms. The third kappa shape index (κ3) is 8.47. The van der Waals surface area contributed by atoms with Gasteiger partial charge in [0.25, 0.3) is 0 Å².